The van der Waals surface area contributed by atoms with Gasteiger partial charge in [0.25, 0.3) is 0 Å². The van der Waals surface area contributed by atoms with Crippen molar-refractivity contribution in [2.45, 2.75) is 18.9 Å². The van der Waals surface area contributed by atoms with Crippen LogP contribution in [0.25, 0.3) is 0 Å². The van der Waals surface area contributed by atoms with Gasteiger partial charge in [0.1, 0.15) is 0 Å². The normalized spacial score (nSPS) is 14.2. The third-order valence-corrected chi connectivity index (χ3v) is 4.20. The summed E-state index contributed by atoms with van der Waals surface area (Å²) in [6.45, 7) is 2.00. The van der Waals surface area contributed by atoms with Crippen LogP contribution in [-0.2, 0) is 0 Å². The van der Waals surface area contributed by atoms with E-state index >= 15 is 0 Å². The van der Waals surface area contributed by atoms with Crippen molar-refractivity contribution in [1.29, 1.82) is 0 Å². The van der Waals surface area contributed by atoms with E-state index in [4.69, 9.17) is 11.6 Å². The zero-order valence-electron chi connectivity index (χ0n) is 9.85. The molecule has 0 bridgehead atoms. The van der Waals surface area contributed by atoms with Gasteiger partial charge >= 0.3 is 0 Å². The minimum absolute atomic E-state index is 0.0000160. The van der Waals surface area contributed by atoms with Gasteiger partial charge in [0, 0.05) is 26.9 Å². The number of benzene rings is 1. The second-order valence-corrected chi connectivity index (χ2v) is 5.78. The van der Waals surface area contributed by atoms with Crippen molar-refractivity contribution in [2.75, 3.05) is 0 Å². The zero-order valence-corrected chi connectivity index (χ0v) is 12.8. The monoisotopic (exact) mass is 373 g/mol. The van der Waals surface area contributed by atoms with Gasteiger partial charge in [0.2, 0.25) is 0 Å². The molecule has 2 rings (SSSR count). The molecule has 0 spiro atoms. The fourth-order valence-corrected chi connectivity index (χ4v) is 2.69. The van der Waals surface area contributed by atoms with E-state index in [0.29, 0.717) is 5.02 Å². The first-order valence-electron chi connectivity index (χ1n) is 5.62. The Labute approximate surface area is 125 Å². The number of hydrogen-bond acceptors (Lipinski definition) is 2. The lowest BCUT2D eigenvalue weighted by molar-refractivity contribution is 0.151. The summed E-state index contributed by atoms with van der Waals surface area (Å²) in [6, 6.07) is 9.42. The third-order valence-electron chi connectivity index (χ3n) is 2.98. The molecule has 18 heavy (non-hydrogen) atoms. The van der Waals surface area contributed by atoms with Gasteiger partial charge in [-0.1, -0.05) is 18.5 Å². The molecule has 0 saturated carbocycles. The fraction of sp³-hybridized carbons (Fsp3) is 0.214. The Balaban J connectivity index is 2.31. The van der Waals surface area contributed by atoms with Crippen LogP contribution in [0.1, 0.15) is 30.1 Å². The van der Waals surface area contributed by atoms with Crippen LogP contribution in [0.15, 0.2) is 42.7 Å². The lowest BCUT2D eigenvalue weighted by atomic mass is 9.91. The molecule has 2 nitrogen and oxygen atoms in total. The molecule has 4 heteroatoms. The number of nitrogens with zero attached hydrogens (tertiary/aromatic N) is 1. The molecule has 0 aliphatic heterocycles. The third kappa shape index (κ3) is 3.02. The number of hydrogen-bond donors (Lipinski definition) is 1. The fourth-order valence-electron chi connectivity index (χ4n) is 1.86. The molecule has 1 N–H and O–H groups in total. The number of aliphatic hydroxyl groups is 1. The molecule has 0 aliphatic rings. The van der Waals surface area contributed by atoms with Crippen molar-refractivity contribution in [2.24, 2.45) is 0 Å². The molecule has 94 valence electrons. The highest BCUT2D eigenvalue weighted by atomic mass is 127. The number of aromatic nitrogens is 1. The molecule has 1 heterocycles. The molecule has 0 saturated heterocycles. The molecule has 1 aromatic heterocycles. The quantitative estimate of drug-likeness (QED) is 0.819. The Bertz CT molecular complexity index is 533. The topological polar surface area (TPSA) is 33.1 Å². The zero-order chi connectivity index (χ0) is 13.1. The first kappa shape index (κ1) is 13.8. The van der Waals surface area contributed by atoms with Crippen molar-refractivity contribution >= 4 is 34.2 Å². The Morgan fingerprint density at radius 3 is 2.56 bits per heavy atom. The van der Waals surface area contributed by atoms with Crippen LogP contribution in [0, 0.1) is 3.57 Å². The number of rotatable bonds is 3. The van der Waals surface area contributed by atoms with Crippen LogP contribution in [-0.4, -0.2) is 10.1 Å². The molecule has 1 aromatic carbocycles. The van der Waals surface area contributed by atoms with Gasteiger partial charge in [-0.3, -0.25) is 4.98 Å². The van der Waals surface area contributed by atoms with Crippen molar-refractivity contribution in [3.63, 3.8) is 0 Å². The predicted molar refractivity (Wildman–Crippen MR) is 81.8 cm³/mol. The molecule has 0 aliphatic carbocycles. The standard InChI is InChI=1S/C14H13ClINO/c1-9(10-4-6-17-7-5-10)14(18)12-8-11(15)2-3-13(12)16/h2-9,14,18H,1H3. The summed E-state index contributed by atoms with van der Waals surface area (Å²) in [5.74, 6) is -0.0000160. The first-order valence-corrected chi connectivity index (χ1v) is 7.08. The highest BCUT2D eigenvalue weighted by Gasteiger charge is 2.20. The molecule has 2 unspecified atom stereocenters. The van der Waals surface area contributed by atoms with Gasteiger partial charge in [-0.05, 0) is 64.0 Å². The minimum atomic E-state index is -0.571. The van der Waals surface area contributed by atoms with E-state index in [2.05, 4.69) is 27.6 Å². The summed E-state index contributed by atoms with van der Waals surface area (Å²) in [5, 5.41) is 11.1. The van der Waals surface area contributed by atoms with Crippen molar-refractivity contribution in [3.8, 4) is 0 Å². The summed E-state index contributed by atoms with van der Waals surface area (Å²) in [5.41, 5.74) is 1.93. The van der Waals surface area contributed by atoms with Crippen molar-refractivity contribution in [3.05, 3.63) is 62.4 Å². The van der Waals surface area contributed by atoms with Gasteiger partial charge in [0.05, 0.1) is 6.10 Å². The summed E-state index contributed by atoms with van der Waals surface area (Å²) < 4.78 is 1.02. The first-order chi connectivity index (χ1) is 8.59. The maximum absolute atomic E-state index is 10.5. The van der Waals surface area contributed by atoms with Crippen molar-refractivity contribution in [1.82, 2.24) is 4.98 Å². The van der Waals surface area contributed by atoms with Gasteiger partial charge < -0.3 is 5.11 Å². The Hall–Kier alpha value is -0.650. The SMILES string of the molecule is CC(c1ccncc1)C(O)c1cc(Cl)ccc1I. The lowest BCUT2D eigenvalue weighted by Crippen LogP contribution is -2.09. The van der Waals surface area contributed by atoms with Crippen LogP contribution in [0.5, 0.6) is 0 Å². The predicted octanol–water partition coefficient (Wildman–Crippen LogP) is 4.18. The van der Waals surface area contributed by atoms with Crippen LogP contribution >= 0.6 is 34.2 Å². The van der Waals surface area contributed by atoms with Gasteiger partial charge in [-0.25, -0.2) is 0 Å². The maximum Gasteiger partial charge on any atom is 0.0866 e. The average Bonchev–Trinajstić information content (AvgIpc) is 2.41. The van der Waals surface area contributed by atoms with Gasteiger partial charge in [0.15, 0.2) is 0 Å². The molecule has 2 atom stereocenters. The van der Waals surface area contributed by atoms with Crippen LogP contribution in [0.3, 0.4) is 0 Å². The van der Waals surface area contributed by atoms with E-state index < -0.39 is 6.10 Å². The second-order valence-electron chi connectivity index (χ2n) is 4.18. The van der Waals surface area contributed by atoms with E-state index in [0.717, 1.165) is 14.7 Å². The Morgan fingerprint density at radius 1 is 1.22 bits per heavy atom. The lowest BCUT2D eigenvalue weighted by Gasteiger charge is -2.20. The van der Waals surface area contributed by atoms with Crippen LogP contribution < -0.4 is 0 Å². The highest BCUT2D eigenvalue weighted by molar-refractivity contribution is 14.1. The molecule has 2 aromatic rings. The van der Waals surface area contributed by atoms with Gasteiger partial charge in [-0.15, -0.1) is 0 Å². The largest absolute Gasteiger partial charge is 0.388 e. The summed E-state index contributed by atoms with van der Waals surface area (Å²) in [6.07, 6.45) is 2.90. The smallest absolute Gasteiger partial charge is 0.0866 e. The number of halogens is 2. The van der Waals surface area contributed by atoms with E-state index in [1.54, 1.807) is 12.4 Å². The van der Waals surface area contributed by atoms with E-state index in [1.165, 1.54) is 0 Å². The molecule has 0 fully saturated rings. The molecule has 0 radical (unpaired) electrons. The van der Waals surface area contributed by atoms with Crippen molar-refractivity contribution < 1.29 is 5.11 Å². The molecular weight excluding hydrogens is 361 g/mol. The van der Waals surface area contributed by atoms with E-state index in [1.807, 2.05) is 37.3 Å². The Morgan fingerprint density at radius 2 is 1.89 bits per heavy atom. The number of pyridine rings is 1. The highest BCUT2D eigenvalue weighted by Crippen LogP contribution is 2.33. The Kier molecular flexibility index (Phi) is 4.59. The molecule has 0 amide bonds. The summed E-state index contributed by atoms with van der Waals surface area (Å²) in [4.78, 5) is 3.99. The van der Waals surface area contributed by atoms with E-state index in [9.17, 15) is 5.11 Å². The van der Waals surface area contributed by atoms with Crippen LogP contribution in [0.4, 0.5) is 0 Å². The van der Waals surface area contributed by atoms with Gasteiger partial charge in [-0.2, -0.15) is 0 Å². The number of aliphatic hydroxyl groups excluding tert-OH is 1. The maximum atomic E-state index is 10.5. The minimum Gasteiger partial charge on any atom is -0.388 e. The van der Waals surface area contributed by atoms with Crippen LogP contribution in [0.2, 0.25) is 5.02 Å². The van der Waals surface area contributed by atoms with E-state index in [-0.39, 0.29) is 5.92 Å². The second kappa shape index (κ2) is 5.99. The summed E-state index contributed by atoms with van der Waals surface area (Å²) in [7, 11) is 0. The summed E-state index contributed by atoms with van der Waals surface area (Å²) >= 11 is 8.20. The average molecular weight is 374 g/mol. The molecular formula is C14H13ClINO.